The number of anilines is 1. The van der Waals surface area contributed by atoms with E-state index in [0.717, 1.165) is 0 Å². The molecule has 0 bridgehead atoms. The van der Waals surface area contributed by atoms with Crippen LogP contribution in [0.2, 0.25) is 5.02 Å². The highest BCUT2D eigenvalue weighted by molar-refractivity contribution is 7.98. The molecule has 0 saturated carbocycles. The van der Waals surface area contributed by atoms with Crippen LogP contribution in [0.25, 0.3) is 0 Å². The van der Waals surface area contributed by atoms with Crippen LogP contribution in [0.5, 0.6) is 11.6 Å². The first-order valence-corrected chi connectivity index (χ1v) is 6.96. The van der Waals surface area contributed by atoms with Crippen LogP contribution in [0.3, 0.4) is 0 Å². The van der Waals surface area contributed by atoms with Crippen LogP contribution in [0.1, 0.15) is 0 Å². The van der Waals surface area contributed by atoms with Crippen molar-refractivity contribution in [3.05, 3.63) is 35.1 Å². The van der Waals surface area contributed by atoms with Crippen molar-refractivity contribution in [2.75, 3.05) is 18.6 Å². The van der Waals surface area contributed by atoms with Gasteiger partial charge in [-0.05, 0) is 18.4 Å². The van der Waals surface area contributed by atoms with Gasteiger partial charge in [-0.1, -0.05) is 23.4 Å². The maximum absolute atomic E-state index is 13.3. The highest BCUT2D eigenvalue weighted by atomic mass is 35.5. The van der Waals surface area contributed by atoms with E-state index >= 15 is 0 Å². The lowest BCUT2D eigenvalue weighted by atomic mass is 10.3. The van der Waals surface area contributed by atoms with Crippen molar-refractivity contribution in [2.45, 2.75) is 5.16 Å². The number of nitrogens with one attached hydrogen (secondary N) is 1. The van der Waals surface area contributed by atoms with Gasteiger partial charge in [0.15, 0.2) is 5.16 Å². The van der Waals surface area contributed by atoms with Crippen molar-refractivity contribution in [3.8, 4) is 11.6 Å². The van der Waals surface area contributed by atoms with Crippen molar-refractivity contribution in [1.29, 1.82) is 0 Å². The van der Waals surface area contributed by atoms with Gasteiger partial charge < -0.3 is 10.1 Å². The van der Waals surface area contributed by atoms with E-state index in [1.807, 2.05) is 6.26 Å². The maximum Gasteiger partial charge on any atom is 0.225 e. The number of hydrogen-bond acceptors (Lipinski definition) is 5. The van der Waals surface area contributed by atoms with Gasteiger partial charge in [0.25, 0.3) is 0 Å². The number of thioether (sulfide) groups is 1. The van der Waals surface area contributed by atoms with E-state index in [-0.39, 0.29) is 5.02 Å². The van der Waals surface area contributed by atoms with Crippen molar-refractivity contribution >= 4 is 29.2 Å². The lowest BCUT2D eigenvalue weighted by Gasteiger charge is -2.08. The predicted molar refractivity (Wildman–Crippen MR) is 74.8 cm³/mol. The summed E-state index contributed by atoms with van der Waals surface area (Å²) in [6.07, 6.45) is 1.86. The van der Waals surface area contributed by atoms with E-state index in [4.69, 9.17) is 16.3 Å². The predicted octanol–water partition coefficient (Wildman–Crippen LogP) is 3.83. The normalized spacial score (nSPS) is 10.3. The summed E-state index contributed by atoms with van der Waals surface area (Å²) in [7, 11) is 1.75. The molecule has 0 saturated heterocycles. The molecule has 1 N–H and O–H groups in total. The summed E-state index contributed by atoms with van der Waals surface area (Å²) in [5, 5.41) is 3.53. The third-order valence-corrected chi connectivity index (χ3v) is 3.09. The Kier molecular flexibility index (Phi) is 4.44. The van der Waals surface area contributed by atoms with E-state index < -0.39 is 5.82 Å². The highest BCUT2D eigenvalue weighted by Gasteiger charge is 2.07. The summed E-state index contributed by atoms with van der Waals surface area (Å²) >= 11 is 7.00. The zero-order valence-electron chi connectivity index (χ0n) is 10.3. The first-order chi connectivity index (χ1) is 9.12. The molecule has 0 aliphatic carbocycles. The zero-order chi connectivity index (χ0) is 13.8. The number of aromatic nitrogens is 2. The molecule has 0 aliphatic rings. The van der Waals surface area contributed by atoms with Crippen LogP contribution in [0.15, 0.2) is 29.4 Å². The third-order valence-electron chi connectivity index (χ3n) is 2.23. The fraction of sp³-hybridized carbons (Fsp3) is 0.167. The van der Waals surface area contributed by atoms with Crippen molar-refractivity contribution in [2.24, 2.45) is 0 Å². The van der Waals surface area contributed by atoms with Crippen LogP contribution < -0.4 is 10.1 Å². The Bertz CT molecular complexity index is 575. The van der Waals surface area contributed by atoms with E-state index in [0.29, 0.717) is 22.6 Å². The molecule has 19 heavy (non-hydrogen) atoms. The second-order valence-electron chi connectivity index (χ2n) is 3.51. The molecule has 2 aromatic rings. The number of nitrogens with zero attached hydrogens (tertiary/aromatic N) is 2. The van der Waals surface area contributed by atoms with Crippen LogP contribution >= 0.6 is 23.4 Å². The molecule has 2 rings (SSSR count). The minimum Gasteiger partial charge on any atom is -0.439 e. The molecule has 1 aromatic heterocycles. The zero-order valence-corrected chi connectivity index (χ0v) is 11.8. The molecular weight excluding hydrogens is 289 g/mol. The topological polar surface area (TPSA) is 47.0 Å². The van der Waals surface area contributed by atoms with E-state index in [1.165, 1.54) is 23.9 Å². The van der Waals surface area contributed by atoms with E-state index in [1.54, 1.807) is 19.2 Å². The average molecular weight is 300 g/mol. The number of ether oxygens (including phenoxy) is 1. The Morgan fingerprint density at radius 3 is 2.74 bits per heavy atom. The Morgan fingerprint density at radius 2 is 2.11 bits per heavy atom. The second kappa shape index (κ2) is 6.08. The van der Waals surface area contributed by atoms with E-state index in [9.17, 15) is 4.39 Å². The second-order valence-corrected chi connectivity index (χ2v) is 4.69. The summed E-state index contributed by atoms with van der Waals surface area (Å²) < 4.78 is 18.8. The van der Waals surface area contributed by atoms with Crippen LogP contribution in [0.4, 0.5) is 10.2 Å². The van der Waals surface area contributed by atoms with E-state index in [2.05, 4.69) is 15.3 Å². The first-order valence-electron chi connectivity index (χ1n) is 5.36. The lowest BCUT2D eigenvalue weighted by Crippen LogP contribution is -1.98. The molecule has 1 aromatic carbocycles. The smallest absolute Gasteiger partial charge is 0.225 e. The minimum atomic E-state index is -0.535. The van der Waals surface area contributed by atoms with Crippen LogP contribution in [0, 0.1) is 5.82 Å². The van der Waals surface area contributed by atoms with Crippen molar-refractivity contribution < 1.29 is 9.13 Å². The van der Waals surface area contributed by atoms with Crippen molar-refractivity contribution in [1.82, 2.24) is 9.97 Å². The molecule has 100 valence electrons. The molecule has 0 spiro atoms. The molecule has 0 amide bonds. The summed E-state index contributed by atoms with van der Waals surface area (Å²) in [6, 6.07) is 5.85. The molecule has 4 nitrogen and oxygen atoms in total. The van der Waals surface area contributed by atoms with Gasteiger partial charge in [0.1, 0.15) is 17.4 Å². The number of benzene rings is 1. The maximum atomic E-state index is 13.3. The van der Waals surface area contributed by atoms with Gasteiger partial charge in [-0.3, -0.25) is 0 Å². The Hall–Kier alpha value is -1.53. The fourth-order valence-corrected chi connectivity index (χ4v) is 1.82. The third kappa shape index (κ3) is 3.48. The molecule has 0 fully saturated rings. The monoisotopic (exact) mass is 299 g/mol. The number of rotatable bonds is 4. The summed E-state index contributed by atoms with van der Waals surface area (Å²) in [5.74, 6) is 0.760. The van der Waals surface area contributed by atoms with Gasteiger partial charge in [-0.2, -0.15) is 4.98 Å². The van der Waals surface area contributed by atoms with Gasteiger partial charge >= 0.3 is 0 Å². The van der Waals surface area contributed by atoms with Gasteiger partial charge in [0, 0.05) is 19.2 Å². The molecular formula is C12H11ClFN3OS. The Labute approximate surface area is 119 Å². The molecule has 0 atom stereocenters. The minimum absolute atomic E-state index is 0.0516. The standard InChI is InChI=1S/C12H11ClFN3OS/c1-15-10-6-11(17-12(16-10)19-2)18-7-3-4-8(13)9(14)5-7/h3-6H,1-2H3,(H,15,16,17). The van der Waals surface area contributed by atoms with Gasteiger partial charge in [0.05, 0.1) is 5.02 Å². The molecule has 0 unspecified atom stereocenters. The van der Waals surface area contributed by atoms with Crippen LogP contribution in [-0.2, 0) is 0 Å². The first kappa shape index (κ1) is 13.9. The molecule has 7 heteroatoms. The Balaban J connectivity index is 2.29. The largest absolute Gasteiger partial charge is 0.439 e. The summed E-state index contributed by atoms with van der Waals surface area (Å²) in [5.41, 5.74) is 0. The quantitative estimate of drug-likeness (QED) is 0.687. The summed E-state index contributed by atoms with van der Waals surface area (Å²) in [4.78, 5) is 8.39. The molecule has 0 radical (unpaired) electrons. The van der Waals surface area contributed by atoms with Crippen LogP contribution in [-0.4, -0.2) is 23.3 Å². The van der Waals surface area contributed by atoms with Crippen molar-refractivity contribution in [3.63, 3.8) is 0 Å². The molecule has 1 heterocycles. The SMILES string of the molecule is CNc1cc(Oc2ccc(Cl)c(F)c2)nc(SC)n1. The molecule has 0 aliphatic heterocycles. The van der Waals surface area contributed by atoms with Gasteiger partial charge in [0.2, 0.25) is 5.88 Å². The number of halogens is 2. The van der Waals surface area contributed by atoms with Gasteiger partial charge in [-0.15, -0.1) is 0 Å². The highest BCUT2D eigenvalue weighted by Crippen LogP contribution is 2.26. The number of hydrogen-bond donors (Lipinski definition) is 1. The fourth-order valence-electron chi connectivity index (χ4n) is 1.34. The summed E-state index contributed by atoms with van der Waals surface area (Å²) in [6.45, 7) is 0. The Morgan fingerprint density at radius 1 is 1.32 bits per heavy atom. The van der Waals surface area contributed by atoms with Gasteiger partial charge in [-0.25, -0.2) is 9.37 Å². The lowest BCUT2D eigenvalue weighted by molar-refractivity contribution is 0.451. The average Bonchev–Trinajstić information content (AvgIpc) is 2.42.